The maximum Gasteiger partial charge on any atom is 0.0412 e. The van der Waals surface area contributed by atoms with E-state index in [-0.39, 0.29) is 0 Å². The third-order valence-corrected chi connectivity index (χ3v) is 4.82. The number of nitrogens with zero attached hydrogens (tertiary/aromatic N) is 1. The van der Waals surface area contributed by atoms with Gasteiger partial charge in [0, 0.05) is 30.3 Å². The van der Waals surface area contributed by atoms with E-state index < -0.39 is 0 Å². The van der Waals surface area contributed by atoms with Crippen molar-refractivity contribution in [2.75, 3.05) is 11.9 Å². The zero-order valence-electron chi connectivity index (χ0n) is 12.0. The van der Waals surface area contributed by atoms with Gasteiger partial charge in [0.15, 0.2) is 0 Å². The van der Waals surface area contributed by atoms with Crippen LogP contribution < -0.4 is 10.6 Å². The predicted molar refractivity (Wildman–Crippen MR) is 83.8 cm³/mol. The zero-order valence-corrected chi connectivity index (χ0v) is 12.8. The van der Waals surface area contributed by atoms with E-state index >= 15 is 0 Å². The average Bonchev–Trinajstić information content (AvgIpc) is 2.46. The Morgan fingerprint density at radius 3 is 2.53 bits per heavy atom. The number of hydrogen-bond donors (Lipinski definition) is 1. The molecule has 1 fully saturated rings. The third kappa shape index (κ3) is 3.43. The monoisotopic (exact) mass is 280 g/mol. The standard InChI is InChI=1S/C16H25ClN2/c1-3-12-4-7-15(8-5-12)19(2)16-9-6-14(17)10-13(16)11-18/h6,9-10,12,15H,3-5,7-8,11,18H2,1-2H3. The molecule has 0 aromatic heterocycles. The number of halogens is 1. The third-order valence-electron chi connectivity index (χ3n) is 4.58. The highest BCUT2D eigenvalue weighted by atomic mass is 35.5. The molecule has 19 heavy (non-hydrogen) atoms. The second-order valence-corrected chi connectivity index (χ2v) is 6.11. The van der Waals surface area contributed by atoms with E-state index in [0.717, 1.165) is 16.5 Å². The highest BCUT2D eigenvalue weighted by Crippen LogP contribution is 2.33. The molecular weight excluding hydrogens is 256 g/mol. The molecule has 0 saturated heterocycles. The van der Waals surface area contributed by atoms with Crippen LogP contribution in [0.5, 0.6) is 0 Å². The first-order valence-electron chi connectivity index (χ1n) is 7.37. The van der Waals surface area contributed by atoms with Gasteiger partial charge in [0.05, 0.1) is 0 Å². The van der Waals surface area contributed by atoms with Crippen LogP contribution in [0.15, 0.2) is 18.2 Å². The van der Waals surface area contributed by atoms with Crippen LogP contribution in [0, 0.1) is 5.92 Å². The Bertz CT molecular complexity index is 411. The number of nitrogens with two attached hydrogens (primary N) is 1. The Labute approximate surface area is 121 Å². The summed E-state index contributed by atoms with van der Waals surface area (Å²) >= 11 is 6.05. The summed E-state index contributed by atoms with van der Waals surface area (Å²) in [6, 6.07) is 6.71. The number of anilines is 1. The SMILES string of the molecule is CCC1CCC(N(C)c2ccc(Cl)cc2CN)CC1. The summed E-state index contributed by atoms with van der Waals surface area (Å²) in [5, 5.41) is 0.771. The van der Waals surface area contributed by atoms with Crippen molar-refractivity contribution in [1.29, 1.82) is 0 Å². The normalized spacial score (nSPS) is 23.4. The van der Waals surface area contributed by atoms with Crippen molar-refractivity contribution in [1.82, 2.24) is 0 Å². The summed E-state index contributed by atoms with van der Waals surface area (Å²) in [4.78, 5) is 2.41. The lowest BCUT2D eigenvalue weighted by Gasteiger charge is -2.36. The molecule has 2 nitrogen and oxygen atoms in total. The van der Waals surface area contributed by atoms with Crippen molar-refractivity contribution in [3.8, 4) is 0 Å². The molecule has 0 spiro atoms. The second-order valence-electron chi connectivity index (χ2n) is 5.67. The van der Waals surface area contributed by atoms with Gasteiger partial charge in [-0.05, 0) is 55.4 Å². The summed E-state index contributed by atoms with van der Waals surface area (Å²) in [5.74, 6) is 0.934. The Morgan fingerprint density at radius 1 is 1.26 bits per heavy atom. The molecule has 2 N–H and O–H groups in total. The molecule has 1 aliphatic rings. The summed E-state index contributed by atoms with van der Waals surface area (Å²) < 4.78 is 0. The van der Waals surface area contributed by atoms with Gasteiger partial charge < -0.3 is 10.6 Å². The fourth-order valence-electron chi connectivity index (χ4n) is 3.20. The van der Waals surface area contributed by atoms with E-state index in [1.165, 1.54) is 37.8 Å². The highest BCUT2D eigenvalue weighted by molar-refractivity contribution is 6.30. The Balaban J connectivity index is 2.09. The minimum atomic E-state index is 0.546. The molecule has 106 valence electrons. The molecule has 1 saturated carbocycles. The van der Waals surface area contributed by atoms with E-state index in [2.05, 4.69) is 24.9 Å². The van der Waals surface area contributed by atoms with E-state index in [9.17, 15) is 0 Å². The van der Waals surface area contributed by atoms with Crippen LogP contribution in [0.2, 0.25) is 5.02 Å². The molecule has 0 unspecified atom stereocenters. The van der Waals surface area contributed by atoms with Gasteiger partial charge in [0.1, 0.15) is 0 Å². The molecule has 0 radical (unpaired) electrons. The maximum atomic E-state index is 6.05. The smallest absolute Gasteiger partial charge is 0.0412 e. The predicted octanol–water partition coefficient (Wildman–Crippen LogP) is 4.20. The fraction of sp³-hybridized carbons (Fsp3) is 0.625. The molecule has 0 aliphatic heterocycles. The molecule has 0 amide bonds. The average molecular weight is 281 g/mol. The van der Waals surface area contributed by atoms with Crippen LogP contribution in [0.1, 0.15) is 44.6 Å². The molecular formula is C16H25ClN2. The van der Waals surface area contributed by atoms with Crippen LogP contribution in [-0.2, 0) is 6.54 Å². The van der Waals surface area contributed by atoms with Gasteiger partial charge in [-0.25, -0.2) is 0 Å². The molecule has 0 heterocycles. The first kappa shape index (κ1) is 14.7. The van der Waals surface area contributed by atoms with Crippen LogP contribution in [0.4, 0.5) is 5.69 Å². The number of rotatable bonds is 4. The van der Waals surface area contributed by atoms with Crippen molar-refractivity contribution < 1.29 is 0 Å². The van der Waals surface area contributed by atoms with Crippen LogP contribution in [0.25, 0.3) is 0 Å². The van der Waals surface area contributed by atoms with E-state index in [0.29, 0.717) is 12.6 Å². The minimum Gasteiger partial charge on any atom is -0.371 e. The summed E-state index contributed by atoms with van der Waals surface area (Å²) in [5.41, 5.74) is 8.23. The summed E-state index contributed by atoms with van der Waals surface area (Å²) in [6.45, 7) is 2.85. The number of hydrogen-bond acceptors (Lipinski definition) is 2. The van der Waals surface area contributed by atoms with Crippen LogP contribution >= 0.6 is 11.6 Å². The molecule has 2 rings (SSSR count). The Hall–Kier alpha value is -0.730. The molecule has 1 aliphatic carbocycles. The van der Waals surface area contributed by atoms with Crippen LogP contribution in [-0.4, -0.2) is 13.1 Å². The van der Waals surface area contributed by atoms with Crippen molar-refractivity contribution in [2.24, 2.45) is 11.7 Å². The molecule has 1 aromatic rings. The second kappa shape index (κ2) is 6.62. The largest absolute Gasteiger partial charge is 0.371 e. The van der Waals surface area contributed by atoms with Crippen LogP contribution in [0.3, 0.4) is 0 Å². The lowest BCUT2D eigenvalue weighted by molar-refractivity contribution is 0.313. The summed E-state index contributed by atoms with van der Waals surface area (Å²) in [6.07, 6.45) is 6.63. The molecule has 3 heteroatoms. The van der Waals surface area contributed by atoms with Crippen molar-refractivity contribution >= 4 is 17.3 Å². The first-order chi connectivity index (χ1) is 9.15. The quantitative estimate of drug-likeness (QED) is 0.895. The highest BCUT2D eigenvalue weighted by Gasteiger charge is 2.24. The van der Waals surface area contributed by atoms with Gasteiger partial charge in [-0.2, -0.15) is 0 Å². The van der Waals surface area contributed by atoms with E-state index in [4.69, 9.17) is 17.3 Å². The van der Waals surface area contributed by atoms with Crippen molar-refractivity contribution in [2.45, 2.75) is 51.6 Å². The first-order valence-corrected chi connectivity index (χ1v) is 7.74. The topological polar surface area (TPSA) is 29.3 Å². The Morgan fingerprint density at radius 2 is 1.95 bits per heavy atom. The lowest BCUT2D eigenvalue weighted by atomic mass is 9.84. The van der Waals surface area contributed by atoms with E-state index in [1.54, 1.807) is 0 Å². The molecule has 0 atom stereocenters. The maximum absolute atomic E-state index is 6.05. The van der Waals surface area contributed by atoms with Gasteiger partial charge in [0.2, 0.25) is 0 Å². The van der Waals surface area contributed by atoms with Gasteiger partial charge in [0.25, 0.3) is 0 Å². The molecule has 0 bridgehead atoms. The molecule has 1 aromatic carbocycles. The fourth-order valence-corrected chi connectivity index (χ4v) is 3.39. The summed E-state index contributed by atoms with van der Waals surface area (Å²) in [7, 11) is 2.19. The minimum absolute atomic E-state index is 0.546. The van der Waals surface area contributed by atoms with Crippen molar-refractivity contribution in [3.63, 3.8) is 0 Å². The number of benzene rings is 1. The van der Waals surface area contributed by atoms with Gasteiger partial charge >= 0.3 is 0 Å². The van der Waals surface area contributed by atoms with Crippen molar-refractivity contribution in [3.05, 3.63) is 28.8 Å². The van der Waals surface area contributed by atoms with Gasteiger partial charge in [-0.1, -0.05) is 24.9 Å². The van der Waals surface area contributed by atoms with Gasteiger partial charge in [-0.3, -0.25) is 0 Å². The van der Waals surface area contributed by atoms with E-state index in [1.807, 2.05) is 12.1 Å². The Kier molecular flexibility index (Phi) is 5.12. The zero-order chi connectivity index (χ0) is 13.8. The van der Waals surface area contributed by atoms with Gasteiger partial charge in [-0.15, -0.1) is 0 Å². The lowest BCUT2D eigenvalue weighted by Crippen LogP contribution is -2.35.